The van der Waals surface area contributed by atoms with E-state index in [1.165, 1.54) is 6.07 Å². The zero-order valence-corrected chi connectivity index (χ0v) is 15.1. The molecule has 0 N–H and O–H groups in total. The van der Waals surface area contributed by atoms with E-state index in [2.05, 4.69) is 21.8 Å². The molecular weight excluding hydrogens is 336 g/mol. The molecule has 6 heteroatoms. The van der Waals surface area contributed by atoms with Crippen molar-refractivity contribution in [2.75, 3.05) is 32.1 Å². The standard InChI is InChI=1S/C20H23F2N3O/c1-24-10-8-16(9-11-24)25(2)20-5-3-4-15(23-20)13-19(26)17-7-6-14(21)12-18(17)22/h3-7,12,16H,8-11,13H2,1-2H3. The van der Waals surface area contributed by atoms with E-state index in [4.69, 9.17) is 0 Å². The van der Waals surface area contributed by atoms with Crippen LogP contribution in [0.2, 0.25) is 0 Å². The molecule has 138 valence electrons. The van der Waals surface area contributed by atoms with Gasteiger partial charge in [0.15, 0.2) is 5.78 Å². The summed E-state index contributed by atoms with van der Waals surface area (Å²) in [4.78, 5) is 21.4. The highest BCUT2D eigenvalue weighted by atomic mass is 19.1. The summed E-state index contributed by atoms with van der Waals surface area (Å²) in [6.45, 7) is 2.11. The number of piperidine rings is 1. The molecule has 0 amide bonds. The number of likely N-dealkylation sites (tertiary alicyclic amines) is 1. The van der Waals surface area contributed by atoms with Crippen molar-refractivity contribution in [3.8, 4) is 0 Å². The van der Waals surface area contributed by atoms with E-state index in [1.807, 2.05) is 19.2 Å². The lowest BCUT2D eigenvalue weighted by atomic mass is 10.0. The second kappa shape index (κ2) is 7.91. The maximum Gasteiger partial charge on any atom is 0.171 e. The SMILES string of the molecule is CN1CCC(N(C)c2cccc(CC(=O)c3ccc(F)cc3F)n2)CC1. The van der Waals surface area contributed by atoms with Crippen LogP contribution in [0, 0.1) is 11.6 Å². The van der Waals surface area contributed by atoms with Crippen molar-refractivity contribution in [1.29, 1.82) is 0 Å². The smallest absolute Gasteiger partial charge is 0.171 e. The normalized spacial score (nSPS) is 15.8. The average Bonchev–Trinajstić information content (AvgIpc) is 2.62. The lowest BCUT2D eigenvalue weighted by molar-refractivity contribution is 0.0988. The number of ketones is 1. The van der Waals surface area contributed by atoms with Crippen LogP contribution in [0.3, 0.4) is 0 Å². The van der Waals surface area contributed by atoms with Gasteiger partial charge in [-0.15, -0.1) is 0 Å². The first-order valence-electron chi connectivity index (χ1n) is 8.79. The summed E-state index contributed by atoms with van der Waals surface area (Å²) in [5.41, 5.74) is 0.471. The molecule has 0 radical (unpaired) electrons. The second-order valence-electron chi connectivity index (χ2n) is 6.86. The number of aromatic nitrogens is 1. The summed E-state index contributed by atoms with van der Waals surface area (Å²) >= 11 is 0. The van der Waals surface area contributed by atoms with Crippen molar-refractivity contribution in [1.82, 2.24) is 9.88 Å². The van der Waals surface area contributed by atoms with Crippen molar-refractivity contribution in [2.45, 2.75) is 25.3 Å². The van der Waals surface area contributed by atoms with E-state index in [9.17, 15) is 13.6 Å². The van der Waals surface area contributed by atoms with Gasteiger partial charge in [-0.3, -0.25) is 4.79 Å². The van der Waals surface area contributed by atoms with Gasteiger partial charge in [0.05, 0.1) is 17.7 Å². The zero-order valence-electron chi connectivity index (χ0n) is 15.1. The fourth-order valence-electron chi connectivity index (χ4n) is 3.31. The molecule has 1 aliphatic heterocycles. The number of benzene rings is 1. The molecule has 0 saturated carbocycles. The van der Waals surface area contributed by atoms with Gasteiger partial charge >= 0.3 is 0 Å². The molecular formula is C20H23F2N3O. The molecule has 0 spiro atoms. The third kappa shape index (κ3) is 4.25. The Morgan fingerprint density at radius 1 is 1.23 bits per heavy atom. The molecule has 0 aliphatic carbocycles. The number of hydrogen-bond donors (Lipinski definition) is 0. The second-order valence-corrected chi connectivity index (χ2v) is 6.86. The Morgan fingerprint density at radius 3 is 2.65 bits per heavy atom. The van der Waals surface area contributed by atoms with E-state index >= 15 is 0 Å². The number of anilines is 1. The molecule has 2 heterocycles. The van der Waals surface area contributed by atoms with Gasteiger partial charge in [0.1, 0.15) is 17.5 Å². The van der Waals surface area contributed by atoms with Gasteiger partial charge in [-0.25, -0.2) is 13.8 Å². The first-order chi connectivity index (χ1) is 12.4. The van der Waals surface area contributed by atoms with Gasteiger partial charge in [0.2, 0.25) is 0 Å². The van der Waals surface area contributed by atoms with Crippen LogP contribution in [0.4, 0.5) is 14.6 Å². The quantitative estimate of drug-likeness (QED) is 0.768. The summed E-state index contributed by atoms with van der Waals surface area (Å²) in [6, 6.07) is 8.95. The molecule has 1 saturated heterocycles. The number of carbonyl (C=O) groups excluding carboxylic acids is 1. The van der Waals surface area contributed by atoms with Crippen molar-refractivity contribution < 1.29 is 13.6 Å². The fourth-order valence-corrected chi connectivity index (χ4v) is 3.31. The van der Waals surface area contributed by atoms with Crippen LogP contribution in [0.1, 0.15) is 28.9 Å². The molecule has 0 atom stereocenters. The first-order valence-corrected chi connectivity index (χ1v) is 8.79. The van der Waals surface area contributed by atoms with E-state index in [0.29, 0.717) is 11.7 Å². The average molecular weight is 359 g/mol. The maximum absolute atomic E-state index is 13.8. The molecule has 26 heavy (non-hydrogen) atoms. The van der Waals surface area contributed by atoms with Gasteiger partial charge in [-0.2, -0.15) is 0 Å². The minimum absolute atomic E-state index is 0.0162. The zero-order chi connectivity index (χ0) is 18.7. The highest BCUT2D eigenvalue weighted by Crippen LogP contribution is 2.21. The van der Waals surface area contributed by atoms with Crippen LogP contribution in [-0.4, -0.2) is 48.9 Å². The maximum atomic E-state index is 13.8. The Balaban J connectivity index is 1.71. The van der Waals surface area contributed by atoms with Crippen molar-refractivity contribution in [2.24, 2.45) is 0 Å². The Bertz CT molecular complexity index is 788. The van der Waals surface area contributed by atoms with E-state index in [-0.39, 0.29) is 12.0 Å². The van der Waals surface area contributed by atoms with Crippen LogP contribution in [0.5, 0.6) is 0 Å². The summed E-state index contributed by atoms with van der Waals surface area (Å²) < 4.78 is 26.8. The van der Waals surface area contributed by atoms with E-state index in [1.54, 1.807) is 6.07 Å². The van der Waals surface area contributed by atoms with Gasteiger partial charge in [-0.1, -0.05) is 6.07 Å². The number of carbonyl (C=O) groups is 1. The summed E-state index contributed by atoms with van der Waals surface area (Å²) in [5, 5.41) is 0. The van der Waals surface area contributed by atoms with Gasteiger partial charge in [-0.05, 0) is 57.2 Å². The molecule has 3 rings (SSSR count). The molecule has 1 aromatic heterocycles. The van der Waals surface area contributed by atoms with Crippen molar-refractivity contribution in [3.63, 3.8) is 0 Å². The molecule has 2 aromatic rings. The number of nitrogens with zero attached hydrogens (tertiary/aromatic N) is 3. The predicted molar refractivity (Wildman–Crippen MR) is 97.6 cm³/mol. The third-order valence-corrected chi connectivity index (χ3v) is 4.96. The summed E-state index contributed by atoms with van der Waals surface area (Å²) in [6.07, 6.45) is 2.12. The van der Waals surface area contributed by atoms with Crippen LogP contribution in [0.15, 0.2) is 36.4 Å². The largest absolute Gasteiger partial charge is 0.357 e. The number of Topliss-reactive ketones (excluding diaryl/α,β-unsaturated/α-hetero) is 1. The van der Waals surface area contributed by atoms with Crippen LogP contribution >= 0.6 is 0 Å². The Labute approximate surface area is 152 Å². The van der Waals surface area contributed by atoms with Gasteiger partial charge < -0.3 is 9.80 Å². The number of rotatable bonds is 5. The lowest BCUT2D eigenvalue weighted by Crippen LogP contribution is -2.42. The third-order valence-electron chi connectivity index (χ3n) is 4.96. The van der Waals surface area contributed by atoms with Crippen molar-refractivity contribution in [3.05, 3.63) is 59.3 Å². The number of hydrogen-bond acceptors (Lipinski definition) is 4. The van der Waals surface area contributed by atoms with Crippen LogP contribution < -0.4 is 4.90 Å². The summed E-state index contributed by atoms with van der Waals surface area (Å²) in [7, 11) is 4.14. The summed E-state index contributed by atoms with van der Waals surface area (Å²) in [5.74, 6) is -1.13. The fraction of sp³-hybridized carbons (Fsp3) is 0.400. The monoisotopic (exact) mass is 359 g/mol. The van der Waals surface area contributed by atoms with Crippen LogP contribution in [-0.2, 0) is 6.42 Å². The van der Waals surface area contributed by atoms with Gasteiger partial charge in [0.25, 0.3) is 0 Å². The minimum Gasteiger partial charge on any atom is -0.357 e. The van der Waals surface area contributed by atoms with Crippen LogP contribution in [0.25, 0.3) is 0 Å². The molecule has 4 nitrogen and oxygen atoms in total. The Morgan fingerprint density at radius 2 is 1.96 bits per heavy atom. The minimum atomic E-state index is -0.838. The highest BCUT2D eigenvalue weighted by molar-refractivity contribution is 5.97. The molecule has 1 aromatic carbocycles. The number of pyridine rings is 1. The number of halogens is 2. The predicted octanol–water partition coefficient (Wildman–Crippen LogP) is 3.32. The van der Waals surface area contributed by atoms with E-state index < -0.39 is 17.4 Å². The molecule has 1 aliphatic rings. The lowest BCUT2D eigenvalue weighted by Gasteiger charge is -2.35. The van der Waals surface area contributed by atoms with Crippen molar-refractivity contribution >= 4 is 11.6 Å². The topological polar surface area (TPSA) is 36.4 Å². The molecule has 0 bridgehead atoms. The van der Waals surface area contributed by atoms with Gasteiger partial charge in [0, 0.05) is 19.2 Å². The Hall–Kier alpha value is -2.34. The molecule has 1 fully saturated rings. The Kier molecular flexibility index (Phi) is 5.61. The molecule has 0 unspecified atom stereocenters. The van der Waals surface area contributed by atoms with E-state index in [0.717, 1.165) is 43.9 Å². The first kappa shape index (κ1) is 18.5. The highest BCUT2D eigenvalue weighted by Gasteiger charge is 2.22.